The lowest BCUT2D eigenvalue weighted by Gasteiger charge is -2.37. The molecule has 1 atom stereocenters. The van der Waals surface area contributed by atoms with Gasteiger partial charge in [-0.1, -0.05) is 26.0 Å². The molecule has 2 rings (SSSR count). The van der Waals surface area contributed by atoms with Crippen LogP contribution in [0.4, 0.5) is 13.2 Å². The first-order chi connectivity index (χ1) is 8.17. The van der Waals surface area contributed by atoms with Crippen molar-refractivity contribution in [2.45, 2.75) is 44.9 Å². The van der Waals surface area contributed by atoms with Crippen molar-refractivity contribution in [2.75, 3.05) is 0 Å². The second-order valence-electron chi connectivity index (χ2n) is 5.67. The molecule has 1 aliphatic rings. The van der Waals surface area contributed by atoms with E-state index in [4.69, 9.17) is 0 Å². The molecule has 0 bridgehead atoms. The van der Waals surface area contributed by atoms with Crippen LogP contribution in [0, 0.1) is 5.41 Å². The van der Waals surface area contributed by atoms with E-state index >= 15 is 0 Å². The zero-order valence-electron chi connectivity index (χ0n) is 10.5. The summed E-state index contributed by atoms with van der Waals surface area (Å²) in [5.41, 5.74) is -1.41. The average molecular weight is 258 g/mol. The Morgan fingerprint density at radius 3 is 2.00 bits per heavy atom. The molecule has 1 N–H and O–H groups in total. The zero-order valence-corrected chi connectivity index (χ0v) is 10.5. The summed E-state index contributed by atoms with van der Waals surface area (Å²) < 4.78 is 37.4. The SMILES string of the molecule is CC1(C)CCCC1(O)c1ccc(C(F)(F)F)cc1. The van der Waals surface area contributed by atoms with Gasteiger partial charge < -0.3 is 5.11 Å². The number of aliphatic hydroxyl groups is 1. The average Bonchev–Trinajstić information content (AvgIpc) is 2.54. The molecule has 1 fully saturated rings. The highest BCUT2D eigenvalue weighted by molar-refractivity contribution is 5.31. The van der Waals surface area contributed by atoms with Crippen molar-refractivity contribution in [3.63, 3.8) is 0 Å². The smallest absolute Gasteiger partial charge is 0.385 e. The van der Waals surface area contributed by atoms with Crippen LogP contribution in [0.25, 0.3) is 0 Å². The molecular formula is C14H17F3O. The molecule has 1 aromatic rings. The van der Waals surface area contributed by atoms with E-state index in [0.717, 1.165) is 25.0 Å². The van der Waals surface area contributed by atoms with Crippen molar-refractivity contribution in [1.82, 2.24) is 0 Å². The summed E-state index contributed by atoms with van der Waals surface area (Å²) in [4.78, 5) is 0. The van der Waals surface area contributed by atoms with Gasteiger partial charge in [0.05, 0.1) is 11.2 Å². The third-order valence-corrected chi connectivity index (χ3v) is 4.15. The van der Waals surface area contributed by atoms with Crippen LogP contribution in [-0.2, 0) is 11.8 Å². The Morgan fingerprint density at radius 1 is 1.06 bits per heavy atom. The van der Waals surface area contributed by atoms with Crippen molar-refractivity contribution in [2.24, 2.45) is 5.41 Å². The van der Waals surface area contributed by atoms with E-state index in [1.54, 1.807) is 0 Å². The number of rotatable bonds is 1. The summed E-state index contributed by atoms with van der Waals surface area (Å²) in [7, 11) is 0. The van der Waals surface area contributed by atoms with Crippen LogP contribution < -0.4 is 0 Å². The molecule has 1 aliphatic carbocycles. The van der Waals surface area contributed by atoms with Crippen molar-refractivity contribution in [3.05, 3.63) is 35.4 Å². The quantitative estimate of drug-likeness (QED) is 0.804. The molecule has 0 aromatic heterocycles. The van der Waals surface area contributed by atoms with Crippen molar-refractivity contribution < 1.29 is 18.3 Å². The Bertz CT molecular complexity index is 433. The van der Waals surface area contributed by atoms with Crippen LogP contribution in [0.2, 0.25) is 0 Å². The van der Waals surface area contributed by atoms with Crippen LogP contribution >= 0.6 is 0 Å². The monoisotopic (exact) mass is 258 g/mol. The summed E-state index contributed by atoms with van der Waals surface area (Å²) >= 11 is 0. The maximum absolute atomic E-state index is 12.5. The van der Waals surface area contributed by atoms with Gasteiger partial charge in [0.15, 0.2) is 0 Å². The van der Waals surface area contributed by atoms with Gasteiger partial charge in [0.25, 0.3) is 0 Å². The molecule has 4 heteroatoms. The van der Waals surface area contributed by atoms with Gasteiger partial charge in [0.1, 0.15) is 0 Å². The van der Waals surface area contributed by atoms with Gasteiger partial charge in [-0.25, -0.2) is 0 Å². The second kappa shape index (κ2) is 3.98. The van der Waals surface area contributed by atoms with Crippen LogP contribution in [0.5, 0.6) is 0 Å². The highest BCUT2D eigenvalue weighted by Gasteiger charge is 2.48. The molecule has 1 unspecified atom stereocenters. The molecule has 0 radical (unpaired) electrons. The molecular weight excluding hydrogens is 241 g/mol. The molecule has 100 valence electrons. The maximum Gasteiger partial charge on any atom is 0.416 e. The lowest BCUT2D eigenvalue weighted by molar-refractivity contribution is -0.137. The molecule has 1 saturated carbocycles. The van der Waals surface area contributed by atoms with E-state index in [0.29, 0.717) is 12.0 Å². The van der Waals surface area contributed by atoms with Crippen LogP contribution in [-0.4, -0.2) is 5.11 Å². The minimum atomic E-state index is -4.33. The van der Waals surface area contributed by atoms with Crippen molar-refractivity contribution >= 4 is 0 Å². The van der Waals surface area contributed by atoms with E-state index in [2.05, 4.69) is 0 Å². The topological polar surface area (TPSA) is 20.2 Å². The van der Waals surface area contributed by atoms with Crippen LogP contribution in [0.1, 0.15) is 44.2 Å². The van der Waals surface area contributed by atoms with Gasteiger partial charge in [-0.2, -0.15) is 13.2 Å². The van der Waals surface area contributed by atoms with E-state index < -0.39 is 17.3 Å². The molecule has 1 aromatic carbocycles. The summed E-state index contributed by atoms with van der Waals surface area (Å²) in [6, 6.07) is 4.88. The van der Waals surface area contributed by atoms with Crippen LogP contribution in [0.3, 0.4) is 0 Å². The third-order valence-electron chi connectivity index (χ3n) is 4.15. The fourth-order valence-electron chi connectivity index (χ4n) is 2.80. The number of halogens is 3. The number of benzene rings is 1. The normalized spacial score (nSPS) is 27.4. The van der Waals surface area contributed by atoms with Gasteiger partial charge in [-0.15, -0.1) is 0 Å². The standard InChI is InChI=1S/C14H17F3O/c1-12(2)8-3-9-13(12,18)10-4-6-11(7-5-10)14(15,16)17/h4-7,18H,3,8-9H2,1-2H3. The van der Waals surface area contributed by atoms with Gasteiger partial charge in [-0.05, 0) is 42.4 Å². The largest absolute Gasteiger partial charge is 0.416 e. The lowest BCUT2D eigenvalue weighted by atomic mass is 9.73. The number of alkyl halides is 3. The van der Waals surface area contributed by atoms with Gasteiger partial charge in [-0.3, -0.25) is 0 Å². The predicted molar refractivity (Wildman–Crippen MR) is 63.0 cm³/mol. The summed E-state index contributed by atoms with van der Waals surface area (Å²) in [6.45, 7) is 3.91. The Morgan fingerprint density at radius 2 is 1.61 bits per heavy atom. The first-order valence-corrected chi connectivity index (χ1v) is 6.07. The Balaban J connectivity index is 2.36. The fourth-order valence-corrected chi connectivity index (χ4v) is 2.80. The first-order valence-electron chi connectivity index (χ1n) is 6.07. The molecule has 0 spiro atoms. The van der Waals surface area contributed by atoms with Crippen molar-refractivity contribution in [3.8, 4) is 0 Å². The van der Waals surface area contributed by atoms with Gasteiger partial charge in [0.2, 0.25) is 0 Å². The highest BCUT2D eigenvalue weighted by Crippen LogP contribution is 2.52. The third kappa shape index (κ3) is 2.03. The van der Waals surface area contributed by atoms with Crippen molar-refractivity contribution in [1.29, 1.82) is 0 Å². The van der Waals surface area contributed by atoms with Gasteiger partial charge >= 0.3 is 6.18 Å². The zero-order chi connectivity index (χ0) is 13.6. The minimum absolute atomic E-state index is 0.299. The minimum Gasteiger partial charge on any atom is -0.385 e. The van der Waals surface area contributed by atoms with E-state index in [9.17, 15) is 18.3 Å². The molecule has 0 saturated heterocycles. The van der Waals surface area contributed by atoms with E-state index in [-0.39, 0.29) is 5.41 Å². The highest BCUT2D eigenvalue weighted by atomic mass is 19.4. The van der Waals surface area contributed by atoms with E-state index in [1.165, 1.54) is 12.1 Å². The van der Waals surface area contributed by atoms with Gasteiger partial charge in [0, 0.05) is 0 Å². The maximum atomic E-state index is 12.5. The Kier molecular flexibility index (Phi) is 2.97. The number of hydrogen-bond donors (Lipinski definition) is 1. The molecule has 0 aliphatic heterocycles. The van der Waals surface area contributed by atoms with E-state index in [1.807, 2.05) is 13.8 Å². The Labute approximate surface area is 105 Å². The number of hydrogen-bond acceptors (Lipinski definition) is 1. The first kappa shape index (κ1) is 13.4. The summed E-state index contributed by atoms with van der Waals surface area (Å²) in [5.74, 6) is 0. The molecule has 1 nitrogen and oxygen atoms in total. The molecule has 0 heterocycles. The van der Waals surface area contributed by atoms with Crippen LogP contribution in [0.15, 0.2) is 24.3 Å². The second-order valence-corrected chi connectivity index (χ2v) is 5.67. The lowest BCUT2D eigenvalue weighted by Crippen LogP contribution is -2.36. The summed E-state index contributed by atoms with van der Waals surface area (Å²) in [5, 5.41) is 10.7. The summed E-state index contributed by atoms with van der Waals surface area (Å²) in [6.07, 6.45) is -1.95. The predicted octanol–water partition coefficient (Wildman–Crippen LogP) is 4.10. The molecule has 0 amide bonds. The Hall–Kier alpha value is -1.03. The fraction of sp³-hybridized carbons (Fsp3) is 0.571. The molecule has 18 heavy (non-hydrogen) atoms.